The largest absolute Gasteiger partial charge is 0.342 e. The molecule has 0 bridgehead atoms. The van der Waals surface area contributed by atoms with Gasteiger partial charge in [0, 0.05) is 19.6 Å². The molecule has 1 saturated carbocycles. The van der Waals surface area contributed by atoms with Crippen LogP contribution in [0.4, 0.5) is 0 Å². The van der Waals surface area contributed by atoms with Gasteiger partial charge in [-0.2, -0.15) is 0 Å². The van der Waals surface area contributed by atoms with Gasteiger partial charge in [-0.3, -0.25) is 4.79 Å². The first-order chi connectivity index (χ1) is 10.1. The van der Waals surface area contributed by atoms with Crippen molar-refractivity contribution in [2.24, 2.45) is 11.1 Å². The van der Waals surface area contributed by atoms with Crippen molar-refractivity contribution in [1.82, 2.24) is 9.80 Å². The van der Waals surface area contributed by atoms with Crippen molar-refractivity contribution in [3.63, 3.8) is 0 Å². The quantitative estimate of drug-likeness (QED) is 0.711. The Morgan fingerprint density at radius 3 is 2.10 bits per heavy atom. The summed E-state index contributed by atoms with van der Waals surface area (Å²) in [6.45, 7) is 11.9. The molecule has 4 heteroatoms. The zero-order chi connectivity index (χ0) is 15.7. The van der Waals surface area contributed by atoms with Crippen LogP contribution < -0.4 is 5.73 Å². The SMILES string of the molecule is CCN(CC)CCCN(CC)C(=O)C1(CN)CCCCC1. The topological polar surface area (TPSA) is 49.6 Å². The fourth-order valence-electron chi connectivity index (χ4n) is 3.50. The van der Waals surface area contributed by atoms with Gasteiger partial charge in [0.1, 0.15) is 0 Å². The van der Waals surface area contributed by atoms with E-state index < -0.39 is 0 Å². The Kier molecular flexibility index (Phi) is 8.27. The molecule has 2 N–H and O–H groups in total. The van der Waals surface area contributed by atoms with Gasteiger partial charge in [-0.1, -0.05) is 33.1 Å². The second-order valence-corrected chi connectivity index (χ2v) is 6.31. The lowest BCUT2D eigenvalue weighted by Crippen LogP contribution is -2.49. The zero-order valence-corrected chi connectivity index (χ0v) is 14.4. The summed E-state index contributed by atoms with van der Waals surface area (Å²) in [4.78, 5) is 17.4. The van der Waals surface area contributed by atoms with E-state index in [2.05, 4.69) is 25.7 Å². The molecule has 0 radical (unpaired) electrons. The molecule has 0 spiro atoms. The Morgan fingerprint density at radius 2 is 1.62 bits per heavy atom. The number of carbonyl (C=O) groups excluding carboxylic acids is 1. The normalized spacial score (nSPS) is 18.0. The fourth-order valence-corrected chi connectivity index (χ4v) is 3.50. The number of nitrogens with two attached hydrogens (primary N) is 1. The molecule has 0 aliphatic heterocycles. The Balaban J connectivity index is 2.55. The van der Waals surface area contributed by atoms with Gasteiger partial charge in [0.25, 0.3) is 0 Å². The lowest BCUT2D eigenvalue weighted by atomic mass is 9.73. The van der Waals surface area contributed by atoms with E-state index >= 15 is 0 Å². The molecular formula is C17H35N3O. The Bertz CT molecular complexity index is 296. The number of hydrogen-bond donors (Lipinski definition) is 1. The van der Waals surface area contributed by atoms with Crippen LogP contribution in [0.3, 0.4) is 0 Å². The molecule has 124 valence electrons. The molecule has 4 nitrogen and oxygen atoms in total. The third-order valence-corrected chi connectivity index (χ3v) is 5.12. The number of hydrogen-bond acceptors (Lipinski definition) is 3. The summed E-state index contributed by atoms with van der Waals surface area (Å²) in [6, 6.07) is 0. The molecule has 0 atom stereocenters. The van der Waals surface area contributed by atoms with Crippen molar-refractivity contribution in [3.05, 3.63) is 0 Å². The van der Waals surface area contributed by atoms with Crippen LogP contribution in [-0.2, 0) is 4.79 Å². The predicted molar refractivity (Wildman–Crippen MR) is 89.2 cm³/mol. The van der Waals surface area contributed by atoms with Crippen molar-refractivity contribution >= 4 is 5.91 Å². The summed E-state index contributed by atoms with van der Waals surface area (Å²) in [5.74, 6) is 0.312. The summed E-state index contributed by atoms with van der Waals surface area (Å²) in [6.07, 6.45) is 6.58. The van der Waals surface area contributed by atoms with Crippen LogP contribution in [0, 0.1) is 5.41 Å². The standard InChI is InChI=1S/C17H35N3O/c1-4-19(5-2)13-10-14-20(6-3)16(21)17(15-18)11-8-7-9-12-17/h4-15,18H2,1-3H3. The zero-order valence-electron chi connectivity index (χ0n) is 14.4. The highest BCUT2D eigenvalue weighted by Crippen LogP contribution is 2.37. The molecule has 0 unspecified atom stereocenters. The average molecular weight is 297 g/mol. The van der Waals surface area contributed by atoms with Crippen LogP contribution in [0.15, 0.2) is 0 Å². The van der Waals surface area contributed by atoms with Gasteiger partial charge in [0.2, 0.25) is 5.91 Å². The molecular weight excluding hydrogens is 262 g/mol. The Morgan fingerprint density at radius 1 is 1.00 bits per heavy atom. The lowest BCUT2D eigenvalue weighted by Gasteiger charge is -2.39. The number of nitrogens with zero attached hydrogens (tertiary/aromatic N) is 2. The summed E-state index contributed by atoms with van der Waals surface area (Å²) >= 11 is 0. The minimum atomic E-state index is -0.260. The third-order valence-electron chi connectivity index (χ3n) is 5.12. The summed E-state index contributed by atoms with van der Waals surface area (Å²) < 4.78 is 0. The maximum atomic E-state index is 12.9. The first-order valence-electron chi connectivity index (χ1n) is 8.85. The van der Waals surface area contributed by atoms with Gasteiger partial charge >= 0.3 is 0 Å². The molecule has 0 saturated heterocycles. The fraction of sp³-hybridized carbons (Fsp3) is 0.941. The minimum absolute atomic E-state index is 0.260. The molecule has 1 aliphatic rings. The summed E-state index contributed by atoms with van der Waals surface area (Å²) in [5, 5.41) is 0. The van der Waals surface area contributed by atoms with Crippen molar-refractivity contribution in [1.29, 1.82) is 0 Å². The van der Waals surface area contributed by atoms with Gasteiger partial charge in [0.05, 0.1) is 5.41 Å². The minimum Gasteiger partial charge on any atom is -0.342 e. The number of amides is 1. The van der Waals surface area contributed by atoms with Crippen LogP contribution in [0.2, 0.25) is 0 Å². The van der Waals surface area contributed by atoms with Gasteiger partial charge < -0.3 is 15.5 Å². The maximum absolute atomic E-state index is 12.9. The van der Waals surface area contributed by atoms with Crippen molar-refractivity contribution in [2.75, 3.05) is 39.3 Å². The van der Waals surface area contributed by atoms with Crippen LogP contribution in [0.5, 0.6) is 0 Å². The second-order valence-electron chi connectivity index (χ2n) is 6.31. The maximum Gasteiger partial charge on any atom is 0.230 e. The van der Waals surface area contributed by atoms with Gasteiger partial charge in [0.15, 0.2) is 0 Å². The van der Waals surface area contributed by atoms with E-state index in [1.807, 2.05) is 4.90 Å². The predicted octanol–water partition coefficient (Wildman–Crippen LogP) is 2.48. The monoisotopic (exact) mass is 297 g/mol. The third kappa shape index (κ3) is 4.96. The molecule has 21 heavy (non-hydrogen) atoms. The summed E-state index contributed by atoms with van der Waals surface area (Å²) in [7, 11) is 0. The van der Waals surface area contributed by atoms with Gasteiger partial charge in [-0.05, 0) is 45.8 Å². The van der Waals surface area contributed by atoms with E-state index in [0.29, 0.717) is 12.5 Å². The molecule has 0 aromatic rings. The highest BCUT2D eigenvalue weighted by Gasteiger charge is 2.40. The lowest BCUT2D eigenvalue weighted by molar-refractivity contribution is -0.143. The molecule has 1 amide bonds. The van der Waals surface area contributed by atoms with Crippen LogP contribution in [0.25, 0.3) is 0 Å². The average Bonchev–Trinajstić information content (AvgIpc) is 2.55. The highest BCUT2D eigenvalue weighted by molar-refractivity contribution is 5.83. The van der Waals surface area contributed by atoms with E-state index in [0.717, 1.165) is 64.8 Å². The highest BCUT2D eigenvalue weighted by atomic mass is 16.2. The summed E-state index contributed by atoms with van der Waals surface area (Å²) in [5.41, 5.74) is 5.74. The Hall–Kier alpha value is -0.610. The first-order valence-corrected chi connectivity index (χ1v) is 8.85. The van der Waals surface area contributed by atoms with Gasteiger partial charge in [-0.25, -0.2) is 0 Å². The molecule has 0 aromatic carbocycles. The van der Waals surface area contributed by atoms with Crippen LogP contribution in [0.1, 0.15) is 59.3 Å². The molecule has 1 fully saturated rings. The van der Waals surface area contributed by atoms with E-state index in [1.54, 1.807) is 0 Å². The first kappa shape index (κ1) is 18.4. The van der Waals surface area contributed by atoms with Crippen LogP contribution in [-0.4, -0.2) is 55.0 Å². The molecule has 1 rings (SSSR count). The Labute approximate surface area is 131 Å². The van der Waals surface area contributed by atoms with Crippen molar-refractivity contribution in [2.45, 2.75) is 59.3 Å². The van der Waals surface area contributed by atoms with E-state index in [9.17, 15) is 4.79 Å². The number of carbonyl (C=O) groups is 1. The second kappa shape index (κ2) is 9.42. The van der Waals surface area contributed by atoms with Crippen molar-refractivity contribution in [3.8, 4) is 0 Å². The van der Waals surface area contributed by atoms with E-state index in [-0.39, 0.29) is 5.41 Å². The number of rotatable bonds is 9. The molecule has 1 aliphatic carbocycles. The van der Waals surface area contributed by atoms with E-state index in [4.69, 9.17) is 5.73 Å². The molecule has 0 heterocycles. The molecule has 0 aromatic heterocycles. The van der Waals surface area contributed by atoms with E-state index in [1.165, 1.54) is 6.42 Å². The smallest absolute Gasteiger partial charge is 0.230 e. The van der Waals surface area contributed by atoms with Crippen LogP contribution >= 0.6 is 0 Å². The van der Waals surface area contributed by atoms with Crippen molar-refractivity contribution < 1.29 is 4.79 Å². The van der Waals surface area contributed by atoms with Gasteiger partial charge in [-0.15, -0.1) is 0 Å².